The van der Waals surface area contributed by atoms with E-state index >= 15 is 0 Å². The van der Waals surface area contributed by atoms with Crippen LogP contribution in [0.4, 0.5) is 4.39 Å². The Hall–Kier alpha value is -2.49. The van der Waals surface area contributed by atoms with Crippen molar-refractivity contribution in [2.24, 2.45) is 0 Å². The molecule has 2 aromatic rings. The molecule has 0 unspecified atom stereocenters. The van der Waals surface area contributed by atoms with E-state index in [0.29, 0.717) is 25.3 Å². The van der Waals surface area contributed by atoms with Gasteiger partial charge in [0.1, 0.15) is 11.5 Å². The van der Waals surface area contributed by atoms with Crippen LogP contribution in [-0.4, -0.2) is 77.3 Å². The molecule has 4 rings (SSSR count). The standard InChI is InChI=1S/C21H25ClFN5O3/c22-16-3-1-4-17(23)15(16)14-27-7-8-28-19(21(27)30)13-18(25-28)20(29)24-5-2-6-26-9-11-31-12-10-26/h1,3-4,13H,2,5-12,14H2,(H,24,29). The summed E-state index contributed by atoms with van der Waals surface area (Å²) in [5.41, 5.74) is 0.807. The average Bonchev–Trinajstić information content (AvgIpc) is 3.21. The molecule has 0 atom stereocenters. The van der Waals surface area contributed by atoms with E-state index < -0.39 is 5.82 Å². The number of hydrogen-bond acceptors (Lipinski definition) is 5. The van der Waals surface area contributed by atoms with E-state index in [2.05, 4.69) is 15.3 Å². The van der Waals surface area contributed by atoms with Gasteiger partial charge in [-0.2, -0.15) is 5.10 Å². The second-order valence-corrected chi connectivity index (χ2v) is 8.04. The Balaban J connectivity index is 1.33. The zero-order valence-corrected chi connectivity index (χ0v) is 17.9. The second-order valence-electron chi connectivity index (χ2n) is 7.63. The molecule has 2 aliphatic heterocycles. The minimum Gasteiger partial charge on any atom is -0.379 e. The number of aromatic nitrogens is 2. The first-order valence-corrected chi connectivity index (χ1v) is 10.8. The molecule has 1 fully saturated rings. The zero-order valence-electron chi connectivity index (χ0n) is 17.1. The van der Waals surface area contributed by atoms with Crippen molar-refractivity contribution in [3.63, 3.8) is 0 Å². The Kier molecular flexibility index (Phi) is 6.84. The number of carbonyl (C=O) groups excluding carboxylic acids is 2. The molecule has 2 aliphatic rings. The van der Waals surface area contributed by atoms with Crippen molar-refractivity contribution >= 4 is 23.4 Å². The van der Waals surface area contributed by atoms with Crippen LogP contribution in [0, 0.1) is 5.82 Å². The summed E-state index contributed by atoms with van der Waals surface area (Å²) in [4.78, 5) is 29.2. The van der Waals surface area contributed by atoms with Gasteiger partial charge in [-0.15, -0.1) is 0 Å². The SMILES string of the molecule is O=C(NCCCN1CCOCC1)c1cc2n(n1)CCN(Cc1c(F)cccc1Cl)C2=O. The second kappa shape index (κ2) is 9.76. The highest BCUT2D eigenvalue weighted by Gasteiger charge is 2.29. The van der Waals surface area contributed by atoms with Gasteiger partial charge in [-0.3, -0.25) is 19.2 Å². The van der Waals surface area contributed by atoms with Crippen molar-refractivity contribution in [3.8, 4) is 0 Å². The molecule has 2 amide bonds. The number of morpholine rings is 1. The maximum Gasteiger partial charge on any atom is 0.272 e. The number of fused-ring (bicyclic) bond motifs is 1. The summed E-state index contributed by atoms with van der Waals surface area (Å²) in [6.45, 7) is 5.62. The van der Waals surface area contributed by atoms with Gasteiger partial charge in [0, 0.05) is 42.8 Å². The van der Waals surface area contributed by atoms with Gasteiger partial charge in [0.25, 0.3) is 11.8 Å². The summed E-state index contributed by atoms with van der Waals surface area (Å²) in [6, 6.07) is 5.94. The lowest BCUT2D eigenvalue weighted by Crippen LogP contribution is -2.40. The Labute approximate surface area is 184 Å². The van der Waals surface area contributed by atoms with Gasteiger partial charge in [0.2, 0.25) is 0 Å². The van der Waals surface area contributed by atoms with Crippen LogP contribution < -0.4 is 5.32 Å². The van der Waals surface area contributed by atoms with Gasteiger partial charge < -0.3 is 15.0 Å². The molecule has 1 N–H and O–H groups in total. The number of rotatable bonds is 7. The Bertz CT molecular complexity index is 940. The van der Waals surface area contributed by atoms with E-state index in [0.717, 1.165) is 39.3 Å². The van der Waals surface area contributed by atoms with E-state index in [1.165, 1.54) is 27.8 Å². The molecule has 1 saturated heterocycles. The summed E-state index contributed by atoms with van der Waals surface area (Å²) >= 11 is 6.09. The van der Waals surface area contributed by atoms with Crippen molar-refractivity contribution in [1.29, 1.82) is 0 Å². The lowest BCUT2D eigenvalue weighted by atomic mass is 10.1. The number of halogens is 2. The minimum absolute atomic E-state index is 0.0680. The predicted molar refractivity (Wildman–Crippen MR) is 113 cm³/mol. The Morgan fingerprint density at radius 2 is 2.03 bits per heavy atom. The highest BCUT2D eigenvalue weighted by molar-refractivity contribution is 6.31. The maximum absolute atomic E-state index is 14.1. The summed E-state index contributed by atoms with van der Waals surface area (Å²) in [6.07, 6.45) is 0.829. The van der Waals surface area contributed by atoms with Gasteiger partial charge in [0.05, 0.1) is 26.3 Å². The topological polar surface area (TPSA) is 79.7 Å². The van der Waals surface area contributed by atoms with Crippen LogP contribution in [0.5, 0.6) is 0 Å². The van der Waals surface area contributed by atoms with E-state index in [1.807, 2.05) is 0 Å². The first-order chi connectivity index (χ1) is 15.0. The number of hydrogen-bond donors (Lipinski definition) is 1. The lowest BCUT2D eigenvalue weighted by Gasteiger charge is -2.27. The van der Waals surface area contributed by atoms with Crippen LogP contribution >= 0.6 is 11.6 Å². The lowest BCUT2D eigenvalue weighted by molar-refractivity contribution is 0.0374. The molecule has 166 valence electrons. The number of amides is 2. The molecule has 31 heavy (non-hydrogen) atoms. The van der Waals surface area contributed by atoms with E-state index in [4.69, 9.17) is 16.3 Å². The average molecular weight is 450 g/mol. The first-order valence-electron chi connectivity index (χ1n) is 10.4. The third kappa shape index (κ3) is 5.06. The third-order valence-electron chi connectivity index (χ3n) is 5.55. The number of benzene rings is 1. The molecule has 0 radical (unpaired) electrons. The summed E-state index contributed by atoms with van der Waals surface area (Å²) in [7, 11) is 0. The first kappa shape index (κ1) is 21.7. The largest absolute Gasteiger partial charge is 0.379 e. The van der Waals surface area contributed by atoms with Crippen LogP contribution in [0.15, 0.2) is 24.3 Å². The van der Waals surface area contributed by atoms with Crippen molar-refractivity contribution < 1.29 is 18.7 Å². The predicted octanol–water partition coefficient (Wildman–Crippen LogP) is 1.78. The molecule has 10 heteroatoms. The summed E-state index contributed by atoms with van der Waals surface area (Å²) in [5, 5.41) is 7.42. The van der Waals surface area contributed by atoms with Crippen LogP contribution in [0.3, 0.4) is 0 Å². The normalized spacial score (nSPS) is 17.0. The fraction of sp³-hybridized carbons (Fsp3) is 0.476. The number of nitrogens with zero attached hydrogens (tertiary/aromatic N) is 4. The third-order valence-corrected chi connectivity index (χ3v) is 5.91. The molecule has 8 nitrogen and oxygen atoms in total. The van der Waals surface area contributed by atoms with Gasteiger partial charge in [-0.05, 0) is 25.1 Å². The molecule has 1 aromatic heterocycles. The molecule has 0 bridgehead atoms. The Morgan fingerprint density at radius 1 is 1.23 bits per heavy atom. The Morgan fingerprint density at radius 3 is 2.81 bits per heavy atom. The van der Waals surface area contributed by atoms with Crippen LogP contribution in [0.25, 0.3) is 0 Å². The smallest absolute Gasteiger partial charge is 0.272 e. The minimum atomic E-state index is -0.448. The van der Waals surface area contributed by atoms with Crippen LogP contribution in [-0.2, 0) is 17.8 Å². The zero-order chi connectivity index (χ0) is 21.8. The number of carbonyl (C=O) groups is 2. The fourth-order valence-corrected chi connectivity index (χ4v) is 4.02. The highest BCUT2D eigenvalue weighted by Crippen LogP contribution is 2.23. The summed E-state index contributed by atoms with van der Waals surface area (Å²) in [5.74, 6) is -1.05. The van der Waals surface area contributed by atoms with Crippen molar-refractivity contribution in [2.75, 3.05) is 45.9 Å². The molecule has 3 heterocycles. The number of nitrogens with one attached hydrogen (secondary N) is 1. The van der Waals surface area contributed by atoms with Crippen LogP contribution in [0.2, 0.25) is 5.02 Å². The monoisotopic (exact) mass is 449 g/mol. The fourth-order valence-electron chi connectivity index (χ4n) is 3.79. The van der Waals surface area contributed by atoms with Crippen molar-refractivity contribution in [3.05, 3.63) is 52.1 Å². The highest BCUT2D eigenvalue weighted by atomic mass is 35.5. The quantitative estimate of drug-likeness (QED) is 0.652. The molecule has 0 aliphatic carbocycles. The molecule has 0 spiro atoms. The maximum atomic E-state index is 14.1. The number of ether oxygens (including phenoxy) is 1. The molecular formula is C21H25ClFN5O3. The summed E-state index contributed by atoms with van der Waals surface area (Å²) < 4.78 is 21.0. The van der Waals surface area contributed by atoms with Crippen LogP contribution in [0.1, 0.15) is 33.0 Å². The van der Waals surface area contributed by atoms with Crippen molar-refractivity contribution in [2.45, 2.75) is 19.5 Å². The van der Waals surface area contributed by atoms with E-state index in [9.17, 15) is 14.0 Å². The van der Waals surface area contributed by atoms with Gasteiger partial charge in [0.15, 0.2) is 5.69 Å². The molecule has 1 aromatic carbocycles. The van der Waals surface area contributed by atoms with Gasteiger partial charge in [-0.25, -0.2) is 4.39 Å². The van der Waals surface area contributed by atoms with Gasteiger partial charge >= 0.3 is 0 Å². The van der Waals surface area contributed by atoms with E-state index in [1.54, 1.807) is 6.07 Å². The molecule has 0 saturated carbocycles. The molecular weight excluding hydrogens is 425 g/mol. The van der Waals surface area contributed by atoms with Gasteiger partial charge in [-0.1, -0.05) is 17.7 Å². The van der Waals surface area contributed by atoms with E-state index in [-0.39, 0.29) is 34.6 Å². The van der Waals surface area contributed by atoms with Crippen molar-refractivity contribution in [1.82, 2.24) is 24.9 Å².